The predicted molar refractivity (Wildman–Crippen MR) is 223 cm³/mol. The molecule has 4 atom stereocenters. The van der Waals surface area contributed by atoms with E-state index in [0.717, 1.165) is 125 Å². The number of ether oxygens (including phenoxy) is 1. The normalized spacial score (nSPS) is 25.7. The van der Waals surface area contributed by atoms with E-state index < -0.39 is 23.8 Å². The number of aromatic nitrogens is 2. The lowest BCUT2D eigenvalue weighted by Gasteiger charge is -2.39. The number of benzene rings is 2. The molecular formula is C45H48ClN9O5. The van der Waals surface area contributed by atoms with Gasteiger partial charge in [0, 0.05) is 77.1 Å². The zero-order chi connectivity index (χ0) is 41.1. The molecule has 1 aromatic heterocycles. The summed E-state index contributed by atoms with van der Waals surface area (Å²) >= 11 is 6.25. The minimum Gasteiger partial charge on any atom is -0.490 e. The Labute approximate surface area is 354 Å². The maximum Gasteiger partial charge on any atom is 0.262 e. The van der Waals surface area contributed by atoms with Crippen LogP contribution < -0.4 is 19.9 Å². The number of piperazine rings is 1. The Morgan fingerprint density at radius 2 is 1.57 bits per heavy atom. The van der Waals surface area contributed by atoms with E-state index in [2.05, 4.69) is 43.1 Å². The molecule has 0 bridgehead atoms. The fraction of sp³-hybridized carbons (Fsp3) is 0.489. The van der Waals surface area contributed by atoms with Gasteiger partial charge in [-0.25, -0.2) is 0 Å². The summed E-state index contributed by atoms with van der Waals surface area (Å²) in [6.07, 6.45) is 6.88. The van der Waals surface area contributed by atoms with Crippen LogP contribution in [0.2, 0.25) is 5.02 Å². The van der Waals surface area contributed by atoms with E-state index in [0.29, 0.717) is 39.5 Å². The number of hydrogen-bond acceptors (Lipinski definition) is 12. The van der Waals surface area contributed by atoms with E-state index in [1.54, 1.807) is 24.3 Å². The molecule has 3 unspecified atom stereocenters. The second-order valence-corrected chi connectivity index (χ2v) is 17.9. The number of nitriles is 1. The molecule has 0 radical (unpaired) electrons. The van der Waals surface area contributed by atoms with Crippen LogP contribution >= 0.6 is 11.6 Å². The van der Waals surface area contributed by atoms with Crippen molar-refractivity contribution in [3.8, 4) is 11.8 Å². The number of hydrogen-bond donors (Lipinski definition) is 1. The second-order valence-electron chi connectivity index (χ2n) is 17.5. The molecule has 7 aliphatic rings. The maximum atomic E-state index is 13.4. The Kier molecular flexibility index (Phi) is 10.2. The number of nitrogens with zero attached hydrogens (tertiary/aromatic N) is 8. The maximum absolute atomic E-state index is 13.4. The summed E-state index contributed by atoms with van der Waals surface area (Å²) in [5.74, 6) is 1.49. The Morgan fingerprint density at radius 3 is 2.23 bits per heavy atom. The van der Waals surface area contributed by atoms with Gasteiger partial charge in [0.25, 0.3) is 11.8 Å². The van der Waals surface area contributed by atoms with E-state index in [-0.39, 0.29) is 24.9 Å². The number of halogens is 1. The van der Waals surface area contributed by atoms with Gasteiger partial charge in [0.05, 0.1) is 33.5 Å². The Balaban J connectivity index is 0.684. The van der Waals surface area contributed by atoms with Crippen molar-refractivity contribution in [1.82, 2.24) is 30.2 Å². The van der Waals surface area contributed by atoms with Crippen molar-refractivity contribution in [1.29, 1.82) is 5.26 Å². The van der Waals surface area contributed by atoms with Crippen molar-refractivity contribution in [3.05, 3.63) is 81.5 Å². The summed E-state index contributed by atoms with van der Waals surface area (Å²) in [5, 5.41) is 21.5. The van der Waals surface area contributed by atoms with Gasteiger partial charge in [0.1, 0.15) is 23.6 Å². The molecule has 60 heavy (non-hydrogen) atoms. The predicted octanol–water partition coefficient (Wildman–Crippen LogP) is 4.74. The zero-order valence-electron chi connectivity index (χ0n) is 33.5. The minimum atomic E-state index is -0.965. The van der Waals surface area contributed by atoms with E-state index in [9.17, 15) is 24.4 Å². The van der Waals surface area contributed by atoms with E-state index in [1.165, 1.54) is 11.3 Å². The highest BCUT2D eigenvalue weighted by Crippen LogP contribution is 2.46. The molecule has 0 spiro atoms. The van der Waals surface area contributed by atoms with Crippen molar-refractivity contribution >= 4 is 52.4 Å². The first-order valence-corrected chi connectivity index (χ1v) is 21.8. The fourth-order valence-electron chi connectivity index (χ4n) is 10.4. The number of fused-ring (bicyclic) bond motifs is 2. The standard InChI is InChI=1S/C45H48ClN9O5/c46-37-22-33(5-3-29(37)23-47)60-34-19-30-25-54(26-31(30)20-34)42(28-1-2-28)38-7-9-40(50-49-38)53-13-11-27(12-14-53)24-51-15-17-52(18-16-51)32-4-6-35-36(21-32)45(59)55(44(35)58)39-8-10-41(56)48-43(39)57/h3-7,9,21-22,27,30-31,34,39H,1-2,8,10-20,24-26H2,(H,48,56,57)/t30-,31?,34?,39?/m1/s1. The number of anilines is 2. The Bertz CT molecular complexity index is 2290. The fourth-order valence-corrected chi connectivity index (χ4v) is 10.6. The van der Waals surface area contributed by atoms with Crippen LogP contribution in [0.25, 0.3) is 5.70 Å². The van der Waals surface area contributed by atoms with E-state index in [1.807, 2.05) is 12.1 Å². The van der Waals surface area contributed by atoms with Crippen molar-refractivity contribution in [2.24, 2.45) is 17.8 Å². The number of nitrogens with one attached hydrogen (secondary N) is 1. The molecule has 310 valence electrons. The Morgan fingerprint density at radius 1 is 0.817 bits per heavy atom. The van der Waals surface area contributed by atoms with E-state index in [4.69, 9.17) is 26.5 Å². The molecule has 6 fully saturated rings. The molecule has 2 aromatic carbocycles. The van der Waals surface area contributed by atoms with Gasteiger partial charge in [-0.1, -0.05) is 11.6 Å². The van der Waals surface area contributed by atoms with Gasteiger partial charge in [0.2, 0.25) is 11.8 Å². The number of likely N-dealkylation sites (tertiary alicyclic amines) is 1. The van der Waals surface area contributed by atoms with Gasteiger partial charge in [-0.2, -0.15) is 5.26 Å². The second kappa shape index (κ2) is 15.8. The number of rotatable bonds is 9. The smallest absolute Gasteiger partial charge is 0.262 e. The zero-order valence-corrected chi connectivity index (χ0v) is 34.3. The number of carbonyl (C=O) groups excluding carboxylic acids is 4. The summed E-state index contributed by atoms with van der Waals surface area (Å²) in [6.45, 7) is 8.45. The molecule has 1 N–H and O–H groups in total. The van der Waals surface area contributed by atoms with Crippen LogP contribution in [0.1, 0.15) is 83.3 Å². The molecule has 4 saturated heterocycles. The third-order valence-corrected chi connectivity index (χ3v) is 14.0. The topological polar surface area (TPSA) is 155 Å². The lowest BCUT2D eigenvalue weighted by molar-refractivity contribution is -0.136. The molecular weight excluding hydrogens is 782 g/mol. The van der Waals surface area contributed by atoms with Crippen molar-refractivity contribution < 1.29 is 23.9 Å². The summed E-state index contributed by atoms with van der Waals surface area (Å²) in [4.78, 5) is 61.4. The largest absolute Gasteiger partial charge is 0.490 e. The number of amides is 4. The average Bonchev–Trinajstić information content (AvgIpc) is 3.84. The van der Waals surface area contributed by atoms with Crippen LogP contribution in [0.4, 0.5) is 11.5 Å². The van der Waals surface area contributed by atoms with Crippen LogP contribution in [0.3, 0.4) is 0 Å². The monoisotopic (exact) mass is 829 g/mol. The first-order chi connectivity index (χ1) is 29.2. The molecule has 6 heterocycles. The summed E-state index contributed by atoms with van der Waals surface area (Å²) in [5.41, 5.74) is 5.74. The molecule has 10 rings (SSSR count). The molecule has 4 amide bonds. The van der Waals surface area contributed by atoms with Crippen molar-refractivity contribution in [2.75, 3.05) is 68.7 Å². The van der Waals surface area contributed by atoms with Crippen LogP contribution in [0, 0.1) is 29.1 Å². The molecule has 15 heteroatoms. The lowest BCUT2D eigenvalue weighted by Crippen LogP contribution is -2.54. The van der Waals surface area contributed by atoms with Gasteiger partial charge >= 0.3 is 0 Å². The first-order valence-electron chi connectivity index (χ1n) is 21.4. The molecule has 5 aliphatic heterocycles. The van der Waals surface area contributed by atoms with Gasteiger partial charge in [-0.3, -0.25) is 34.3 Å². The highest BCUT2D eigenvalue weighted by atomic mass is 35.5. The van der Waals surface area contributed by atoms with Crippen LogP contribution in [-0.4, -0.2) is 120 Å². The number of piperidine rings is 2. The van der Waals surface area contributed by atoms with E-state index >= 15 is 0 Å². The molecule has 2 saturated carbocycles. The lowest BCUT2D eigenvalue weighted by atomic mass is 9.96. The number of carbonyl (C=O) groups is 4. The average molecular weight is 830 g/mol. The minimum absolute atomic E-state index is 0.0991. The van der Waals surface area contributed by atoms with Gasteiger partial charge in [-0.15, -0.1) is 10.2 Å². The van der Waals surface area contributed by atoms with Crippen LogP contribution in [0.15, 0.2) is 54.1 Å². The van der Waals surface area contributed by atoms with Crippen molar-refractivity contribution in [2.45, 2.75) is 63.5 Å². The Hall–Kier alpha value is -5.52. The van der Waals surface area contributed by atoms with Crippen LogP contribution in [0.5, 0.6) is 5.75 Å². The quantitative estimate of drug-likeness (QED) is 0.297. The number of imide groups is 2. The SMILES string of the molecule is N#Cc1ccc(OC2CC3CN(C(=C4CC4)c4ccc(N5CCC(CN6CCN(c7ccc8c(c7)C(=O)N(C7CCC(=O)NC7=O)C8=O)CC6)CC5)nn4)C[C@H]3C2)cc1Cl. The van der Waals surface area contributed by atoms with Crippen molar-refractivity contribution in [3.63, 3.8) is 0 Å². The third-order valence-electron chi connectivity index (χ3n) is 13.7. The number of allylic oxidation sites excluding steroid dienone is 1. The first kappa shape index (κ1) is 38.7. The summed E-state index contributed by atoms with van der Waals surface area (Å²) in [7, 11) is 0. The van der Waals surface area contributed by atoms with Gasteiger partial charge < -0.3 is 19.4 Å². The highest BCUT2D eigenvalue weighted by Gasteiger charge is 2.46. The third kappa shape index (κ3) is 7.47. The highest BCUT2D eigenvalue weighted by molar-refractivity contribution is 6.31. The summed E-state index contributed by atoms with van der Waals surface area (Å²) < 4.78 is 6.32. The molecule has 3 aromatic rings. The summed E-state index contributed by atoms with van der Waals surface area (Å²) in [6, 6.07) is 16.2. The van der Waals surface area contributed by atoms with Gasteiger partial charge in [-0.05, 0) is 111 Å². The molecule has 14 nitrogen and oxygen atoms in total. The molecule has 2 aliphatic carbocycles. The van der Waals surface area contributed by atoms with Gasteiger partial charge in [0.15, 0.2) is 5.82 Å². The van der Waals surface area contributed by atoms with Crippen LogP contribution in [-0.2, 0) is 9.59 Å².